The highest BCUT2D eigenvalue weighted by Crippen LogP contribution is 2.20. The van der Waals surface area contributed by atoms with Crippen molar-refractivity contribution in [2.45, 2.75) is 13.2 Å². The third-order valence-corrected chi connectivity index (χ3v) is 3.85. The maximum Gasteiger partial charge on any atom is 0.122 e. The fourth-order valence-electron chi connectivity index (χ4n) is 1.32. The van der Waals surface area contributed by atoms with E-state index in [0.29, 0.717) is 13.2 Å². The molecular weight excluding hydrogens is 333 g/mol. The first-order valence-corrected chi connectivity index (χ1v) is 6.83. The Morgan fingerprint density at radius 1 is 1.19 bits per heavy atom. The van der Waals surface area contributed by atoms with Crippen LogP contribution in [0.1, 0.15) is 9.75 Å². The molecule has 0 spiro atoms. The molecular formula is C12H12INOS. The van der Waals surface area contributed by atoms with Crippen LogP contribution in [0.15, 0.2) is 36.4 Å². The van der Waals surface area contributed by atoms with Gasteiger partial charge in [0.25, 0.3) is 0 Å². The third-order valence-electron chi connectivity index (χ3n) is 2.10. The maximum absolute atomic E-state index is 5.70. The minimum Gasteiger partial charge on any atom is -0.488 e. The van der Waals surface area contributed by atoms with Gasteiger partial charge in [-0.25, -0.2) is 0 Å². The quantitative estimate of drug-likeness (QED) is 0.863. The molecule has 1 aromatic heterocycles. The van der Waals surface area contributed by atoms with E-state index in [-0.39, 0.29) is 0 Å². The number of rotatable bonds is 4. The van der Waals surface area contributed by atoms with Crippen molar-refractivity contribution in [1.82, 2.24) is 0 Å². The number of nitrogens with two attached hydrogens (primary N) is 1. The summed E-state index contributed by atoms with van der Waals surface area (Å²) in [4.78, 5) is 2.40. The van der Waals surface area contributed by atoms with Crippen LogP contribution in [0.2, 0.25) is 0 Å². The molecule has 2 N–H and O–H groups in total. The molecule has 0 saturated heterocycles. The molecule has 0 saturated carbocycles. The van der Waals surface area contributed by atoms with Crippen LogP contribution < -0.4 is 10.5 Å². The highest BCUT2D eigenvalue weighted by atomic mass is 127. The van der Waals surface area contributed by atoms with Crippen LogP contribution in [0.4, 0.5) is 0 Å². The molecule has 0 atom stereocenters. The van der Waals surface area contributed by atoms with Crippen molar-refractivity contribution in [3.63, 3.8) is 0 Å². The van der Waals surface area contributed by atoms with Crippen LogP contribution in [-0.2, 0) is 13.2 Å². The van der Waals surface area contributed by atoms with E-state index in [1.807, 2.05) is 24.3 Å². The van der Waals surface area contributed by atoms with Crippen LogP contribution in [0.25, 0.3) is 0 Å². The van der Waals surface area contributed by atoms with Crippen molar-refractivity contribution in [2.24, 2.45) is 5.73 Å². The van der Waals surface area contributed by atoms with E-state index < -0.39 is 0 Å². The van der Waals surface area contributed by atoms with E-state index >= 15 is 0 Å². The van der Waals surface area contributed by atoms with E-state index in [1.54, 1.807) is 11.3 Å². The SMILES string of the molecule is NCc1ccc(COc2cccc(I)c2)s1. The van der Waals surface area contributed by atoms with Gasteiger partial charge < -0.3 is 10.5 Å². The summed E-state index contributed by atoms with van der Waals surface area (Å²) in [5.41, 5.74) is 5.56. The molecule has 0 fully saturated rings. The molecule has 2 rings (SSSR count). The number of hydrogen-bond donors (Lipinski definition) is 1. The number of halogens is 1. The predicted molar refractivity (Wildman–Crippen MR) is 75.7 cm³/mol. The molecule has 0 aliphatic rings. The van der Waals surface area contributed by atoms with E-state index in [2.05, 4.69) is 34.7 Å². The van der Waals surface area contributed by atoms with Crippen LogP contribution >= 0.6 is 33.9 Å². The molecule has 4 heteroatoms. The Balaban J connectivity index is 1.96. The van der Waals surface area contributed by atoms with Crippen molar-refractivity contribution in [1.29, 1.82) is 0 Å². The lowest BCUT2D eigenvalue weighted by atomic mass is 10.3. The summed E-state index contributed by atoms with van der Waals surface area (Å²) in [6, 6.07) is 12.2. The van der Waals surface area contributed by atoms with Gasteiger partial charge in [-0.3, -0.25) is 0 Å². The molecule has 84 valence electrons. The lowest BCUT2D eigenvalue weighted by Gasteiger charge is -2.04. The zero-order chi connectivity index (χ0) is 11.4. The van der Waals surface area contributed by atoms with Gasteiger partial charge in [-0.15, -0.1) is 11.3 Å². The lowest BCUT2D eigenvalue weighted by molar-refractivity contribution is 0.309. The Bertz CT molecular complexity index is 470. The average molecular weight is 345 g/mol. The lowest BCUT2D eigenvalue weighted by Crippen LogP contribution is -1.93. The average Bonchev–Trinajstić information content (AvgIpc) is 2.74. The fourth-order valence-corrected chi connectivity index (χ4v) is 2.65. The van der Waals surface area contributed by atoms with Gasteiger partial charge in [-0.1, -0.05) is 6.07 Å². The first-order chi connectivity index (χ1) is 7.78. The van der Waals surface area contributed by atoms with Crippen molar-refractivity contribution in [3.8, 4) is 5.75 Å². The maximum atomic E-state index is 5.70. The number of benzene rings is 1. The molecule has 0 amide bonds. The van der Waals surface area contributed by atoms with Gasteiger partial charge in [-0.2, -0.15) is 0 Å². The zero-order valence-electron chi connectivity index (χ0n) is 8.65. The van der Waals surface area contributed by atoms with Gasteiger partial charge in [0.05, 0.1) is 0 Å². The smallest absolute Gasteiger partial charge is 0.122 e. The Labute approximate surface area is 113 Å². The van der Waals surface area contributed by atoms with Crippen molar-refractivity contribution in [3.05, 3.63) is 49.7 Å². The van der Waals surface area contributed by atoms with Gasteiger partial charge in [0.15, 0.2) is 0 Å². The molecule has 16 heavy (non-hydrogen) atoms. The molecule has 0 aliphatic carbocycles. The Kier molecular flexibility index (Phi) is 4.20. The number of thiophene rings is 1. The second-order valence-electron chi connectivity index (χ2n) is 3.32. The normalized spacial score (nSPS) is 10.4. The molecule has 0 bridgehead atoms. The molecule has 2 nitrogen and oxygen atoms in total. The summed E-state index contributed by atoms with van der Waals surface area (Å²) in [6.45, 7) is 1.22. The van der Waals surface area contributed by atoms with Gasteiger partial charge in [-0.05, 0) is 52.9 Å². The second-order valence-corrected chi connectivity index (χ2v) is 5.82. The van der Waals surface area contributed by atoms with Crippen LogP contribution in [-0.4, -0.2) is 0 Å². The van der Waals surface area contributed by atoms with Crippen LogP contribution in [0.5, 0.6) is 5.75 Å². The van der Waals surface area contributed by atoms with Crippen molar-refractivity contribution < 1.29 is 4.74 Å². The molecule has 0 radical (unpaired) electrons. The van der Waals surface area contributed by atoms with Gasteiger partial charge in [0.1, 0.15) is 12.4 Å². The van der Waals surface area contributed by atoms with E-state index in [9.17, 15) is 0 Å². The zero-order valence-corrected chi connectivity index (χ0v) is 11.6. The Hall–Kier alpha value is -0.590. The predicted octanol–water partition coefficient (Wildman–Crippen LogP) is 3.39. The Morgan fingerprint density at radius 3 is 2.69 bits per heavy atom. The summed E-state index contributed by atoms with van der Waals surface area (Å²) in [5, 5.41) is 0. The van der Waals surface area contributed by atoms with Crippen LogP contribution in [0, 0.1) is 3.57 Å². The van der Waals surface area contributed by atoms with Crippen LogP contribution in [0.3, 0.4) is 0 Å². The van der Waals surface area contributed by atoms with Crippen molar-refractivity contribution in [2.75, 3.05) is 0 Å². The van der Waals surface area contributed by atoms with Gasteiger partial charge in [0.2, 0.25) is 0 Å². The second kappa shape index (κ2) is 5.65. The summed E-state index contributed by atoms with van der Waals surface area (Å²) in [6.07, 6.45) is 0. The monoisotopic (exact) mass is 345 g/mol. The number of hydrogen-bond acceptors (Lipinski definition) is 3. The molecule has 0 aliphatic heterocycles. The minimum atomic E-state index is 0.605. The summed E-state index contributed by atoms with van der Waals surface area (Å²) in [5.74, 6) is 0.912. The minimum absolute atomic E-state index is 0.605. The van der Waals surface area contributed by atoms with Gasteiger partial charge >= 0.3 is 0 Å². The first-order valence-electron chi connectivity index (χ1n) is 4.94. The highest BCUT2D eigenvalue weighted by Gasteiger charge is 2.00. The summed E-state index contributed by atoms with van der Waals surface area (Å²) >= 11 is 3.98. The topological polar surface area (TPSA) is 35.2 Å². The number of ether oxygens (including phenoxy) is 1. The molecule has 1 heterocycles. The van der Waals surface area contributed by atoms with Crippen molar-refractivity contribution >= 4 is 33.9 Å². The molecule has 2 aromatic rings. The first kappa shape index (κ1) is 11.9. The highest BCUT2D eigenvalue weighted by molar-refractivity contribution is 14.1. The van der Waals surface area contributed by atoms with Gasteiger partial charge in [0, 0.05) is 19.9 Å². The van der Waals surface area contributed by atoms with E-state index in [1.165, 1.54) is 13.3 Å². The van der Waals surface area contributed by atoms with E-state index in [0.717, 1.165) is 5.75 Å². The standard InChI is InChI=1S/C12H12INOS/c13-9-2-1-3-10(6-9)15-8-12-5-4-11(7-14)16-12/h1-6H,7-8,14H2. The summed E-state index contributed by atoms with van der Waals surface area (Å²) < 4.78 is 6.88. The van der Waals surface area contributed by atoms with E-state index in [4.69, 9.17) is 10.5 Å². The molecule has 1 aromatic carbocycles. The summed E-state index contributed by atoms with van der Waals surface area (Å²) in [7, 11) is 0. The Morgan fingerprint density at radius 2 is 2.00 bits per heavy atom. The molecule has 0 unspecified atom stereocenters. The largest absolute Gasteiger partial charge is 0.488 e. The third kappa shape index (κ3) is 3.20. The fraction of sp³-hybridized carbons (Fsp3) is 0.167.